The minimum absolute atomic E-state index is 0. The number of likely N-dealkylation sites (N-methyl/N-ethyl adjacent to an activating group) is 2. The third-order valence-corrected chi connectivity index (χ3v) is 13.2. The van der Waals surface area contributed by atoms with Crippen LogP contribution in [0, 0.1) is 23.7 Å². The first-order chi connectivity index (χ1) is 30.1. The minimum Gasteiger partial charge on any atom is -0.790 e. The average Bonchev–Trinajstić information content (AvgIpc) is 3.19. The number of hydrogen-bond donors (Lipinski definition) is 4. The molecule has 66 heavy (non-hydrogen) atoms. The number of unbranched alkanes of at least 4 members (excludes halogenated alkanes) is 11. The standard InChI is InChI=1S/C46H90N4O12P2.2Na/c1-7-9-11-18-24-39-28-29-40(34-46(54)48-31-23-33-50(5,6)36-42(52)38-62-64(58,59)60)44(43(39)25-19-12-10-8-2)26-20-16-14-13-15-17-21-27-45(53)47-30-22-32-49(3,4)35-41(51)37-61-63(55,56)57;;/h20,26,28-29,39-44,51-52H,7-19,21-25,27,30-38H2,1-6H3,(H4-2,47,48,53,54,55,56,57,58,59,60);;/q;2*+1/p-2/b26-20-;;. The first-order valence-electron chi connectivity index (χ1n) is 24.3. The van der Waals surface area contributed by atoms with Crippen LogP contribution in [0.2, 0.25) is 0 Å². The quantitative estimate of drug-likeness (QED) is 0.0176. The van der Waals surface area contributed by atoms with E-state index in [0.29, 0.717) is 72.7 Å². The molecular weight excluding hydrogens is 908 g/mol. The van der Waals surface area contributed by atoms with Crippen molar-refractivity contribution in [2.75, 3.05) is 80.7 Å². The molecule has 20 heteroatoms. The van der Waals surface area contributed by atoms with Crippen molar-refractivity contribution in [1.29, 1.82) is 0 Å². The molecule has 0 aromatic carbocycles. The molecule has 0 heterocycles. The summed E-state index contributed by atoms with van der Waals surface area (Å²) in [6.07, 6.45) is 27.6. The molecule has 0 bridgehead atoms. The molecule has 0 saturated heterocycles. The fraction of sp³-hybridized carbons (Fsp3) is 0.870. The Balaban J connectivity index is 0. The minimum atomic E-state index is -5.15. The average molecular weight is 997 g/mol. The fourth-order valence-electron chi connectivity index (χ4n) is 8.94. The summed E-state index contributed by atoms with van der Waals surface area (Å²) < 4.78 is 30.6. The van der Waals surface area contributed by atoms with Gasteiger partial charge in [0, 0.05) is 38.8 Å². The molecule has 4 N–H and O–H groups in total. The summed E-state index contributed by atoms with van der Waals surface area (Å²) in [5.74, 6) is 1.44. The molecule has 0 aliphatic heterocycles. The van der Waals surface area contributed by atoms with E-state index in [1.165, 1.54) is 57.8 Å². The van der Waals surface area contributed by atoms with Crippen molar-refractivity contribution >= 4 is 27.5 Å². The molecule has 16 nitrogen and oxygen atoms in total. The number of nitrogens with one attached hydrogen (secondary N) is 2. The van der Waals surface area contributed by atoms with Gasteiger partial charge in [-0.3, -0.25) is 9.59 Å². The van der Waals surface area contributed by atoms with E-state index in [0.717, 1.165) is 44.9 Å². The number of aliphatic hydroxyl groups excluding tert-OH is 2. The topological polar surface area (TPSA) is 243 Å². The second-order valence-corrected chi connectivity index (χ2v) is 21.8. The summed E-state index contributed by atoms with van der Waals surface area (Å²) in [5.41, 5.74) is 0. The van der Waals surface area contributed by atoms with Crippen LogP contribution in [0.3, 0.4) is 0 Å². The molecule has 0 fully saturated rings. The van der Waals surface area contributed by atoms with Crippen LogP contribution in [0.5, 0.6) is 0 Å². The number of carbonyl (C=O) groups is 2. The van der Waals surface area contributed by atoms with Gasteiger partial charge in [0.2, 0.25) is 11.8 Å². The van der Waals surface area contributed by atoms with Crippen LogP contribution in [0.4, 0.5) is 0 Å². The van der Waals surface area contributed by atoms with E-state index in [-0.39, 0.29) is 95.9 Å². The first kappa shape index (κ1) is 68.6. The van der Waals surface area contributed by atoms with Crippen LogP contribution in [-0.4, -0.2) is 124 Å². The third-order valence-electron chi connectivity index (χ3n) is 12.3. The van der Waals surface area contributed by atoms with Crippen molar-refractivity contribution in [3.63, 3.8) is 0 Å². The molecule has 1 aliphatic carbocycles. The van der Waals surface area contributed by atoms with E-state index >= 15 is 0 Å². The number of aliphatic hydroxyl groups is 2. The van der Waals surface area contributed by atoms with Gasteiger partial charge in [0.25, 0.3) is 0 Å². The van der Waals surface area contributed by atoms with Gasteiger partial charge in [0.1, 0.15) is 25.3 Å². The second kappa shape index (κ2) is 38.1. The molecule has 1 aliphatic rings. The third kappa shape index (κ3) is 37.3. The van der Waals surface area contributed by atoms with Gasteiger partial charge in [-0.2, -0.15) is 0 Å². The predicted molar refractivity (Wildman–Crippen MR) is 245 cm³/mol. The van der Waals surface area contributed by atoms with Gasteiger partial charge >= 0.3 is 59.1 Å². The summed E-state index contributed by atoms with van der Waals surface area (Å²) in [4.78, 5) is 68.7. The van der Waals surface area contributed by atoms with Gasteiger partial charge in [-0.1, -0.05) is 109 Å². The molecular formula is C46H88N4Na2O12P2. The first-order valence-corrected chi connectivity index (χ1v) is 27.2. The largest absolute Gasteiger partial charge is 1.00 e. The zero-order valence-corrected chi connectivity index (χ0v) is 48.1. The summed E-state index contributed by atoms with van der Waals surface area (Å²) >= 11 is 0. The van der Waals surface area contributed by atoms with Crippen molar-refractivity contribution in [3.05, 3.63) is 24.3 Å². The molecule has 0 spiro atoms. The Bertz CT molecular complexity index is 1440. The molecule has 1 rings (SSSR count). The number of nitrogens with zero attached hydrogens (tertiary/aromatic N) is 2. The van der Waals surface area contributed by atoms with Crippen LogP contribution in [0.1, 0.15) is 142 Å². The fourth-order valence-corrected chi connectivity index (χ4v) is 9.65. The monoisotopic (exact) mass is 997 g/mol. The Morgan fingerprint density at radius 2 is 1.11 bits per heavy atom. The Labute approximate surface area is 443 Å². The number of allylic oxidation sites excluding steroid dienone is 4. The van der Waals surface area contributed by atoms with Gasteiger partial charge in [-0.05, 0) is 55.8 Å². The predicted octanol–water partition coefficient (Wildman–Crippen LogP) is -1.78. The number of phosphoric acid groups is 2. The molecule has 376 valence electrons. The van der Waals surface area contributed by atoms with Crippen molar-refractivity contribution in [1.82, 2.24) is 10.6 Å². The summed E-state index contributed by atoms with van der Waals surface area (Å²) in [6, 6.07) is 0. The number of hydrogen-bond acceptors (Lipinski definition) is 12. The molecule has 0 aromatic heterocycles. The SMILES string of the molecule is CCCCCCC1C=CC(CC(=O)NCCC[N+](C)(C)CC(O)COP(=O)([O-])[O-])C(/C=C\CCCCCCCC(=O)NCCC[N+](C)(C)CC(O)COP(=O)([O-])[O-])C1CCCCCC.[Na+].[Na+]. The maximum atomic E-state index is 13.4. The Hall–Kier alpha value is 0.480. The van der Waals surface area contributed by atoms with E-state index in [4.69, 9.17) is 0 Å². The molecule has 0 saturated carbocycles. The van der Waals surface area contributed by atoms with Crippen LogP contribution >= 0.6 is 15.6 Å². The normalized spacial score (nSPS) is 19.0. The molecule has 2 amide bonds. The van der Waals surface area contributed by atoms with Crippen molar-refractivity contribution in [2.24, 2.45) is 23.7 Å². The number of phosphoric ester groups is 2. The maximum absolute atomic E-state index is 13.4. The van der Waals surface area contributed by atoms with E-state index in [9.17, 15) is 48.5 Å². The van der Waals surface area contributed by atoms with Gasteiger partial charge < -0.3 is 67.6 Å². The number of quaternary nitrogens is 2. The van der Waals surface area contributed by atoms with Crippen LogP contribution in [0.25, 0.3) is 0 Å². The van der Waals surface area contributed by atoms with Gasteiger partial charge in [0.15, 0.2) is 0 Å². The zero-order valence-electron chi connectivity index (χ0n) is 42.3. The van der Waals surface area contributed by atoms with Gasteiger partial charge in [-0.25, -0.2) is 0 Å². The number of rotatable bonds is 39. The number of amides is 2. The second-order valence-electron chi connectivity index (χ2n) is 19.5. The van der Waals surface area contributed by atoms with E-state index < -0.39 is 41.1 Å². The van der Waals surface area contributed by atoms with Crippen molar-refractivity contribution < 1.29 is 126 Å². The van der Waals surface area contributed by atoms with Crippen molar-refractivity contribution in [2.45, 2.75) is 154 Å². The number of carbonyl (C=O) groups excluding carboxylic acids is 2. The van der Waals surface area contributed by atoms with Gasteiger partial charge in [0.05, 0.1) is 70.1 Å². The zero-order chi connectivity index (χ0) is 48.1. The van der Waals surface area contributed by atoms with E-state index in [1.807, 2.05) is 28.2 Å². The van der Waals surface area contributed by atoms with Crippen LogP contribution < -0.4 is 89.3 Å². The summed E-state index contributed by atoms with van der Waals surface area (Å²) in [7, 11) is -2.72. The van der Waals surface area contributed by atoms with Crippen molar-refractivity contribution in [3.8, 4) is 0 Å². The van der Waals surface area contributed by atoms with E-state index in [2.05, 4.69) is 57.8 Å². The Kier molecular flexibility index (Phi) is 39.6. The molecule has 0 radical (unpaired) electrons. The van der Waals surface area contributed by atoms with Crippen LogP contribution in [0.15, 0.2) is 24.3 Å². The smallest absolute Gasteiger partial charge is 0.790 e. The Morgan fingerprint density at radius 1 is 0.652 bits per heavy atom. The molecule has 6 unspecified atom stereocenters. The van der Waals surface area contributed by atoms with Gasteiger partial charge in [-0.15, -0.1) is 0 Å². The summed E-state index contributed by atoms with van der Waals surface area (Å²) in [5, 5.41) is 26.3. The molecule has 0 aromatic rings. The maximum Gasteiger partial charge on any atom is 1.00 e. The summed E-state index contributed by atoms with van der Waals surface area (Å²) in [6.45, 7) is 6.02. The molecule has 6 atom stereocenters. The van der Waals surface area contributed by atoms with E-state index in [1.54, 1.807) is 0 Å². The van der Waals surface area contributed by atoms with Crippen LogP contribution in [-0.2, 0) is 27.8 Å². The Morgan fingerprint density at radius 3 is 1.62 bits per heavy atom.